The Morgan fingerprint density at radius 2 is 1.44 bits per heavy atom. The summed E-state index contributed by atoms with van der Waals surface area (Å²) in [6, 6.07) is 5.51. The number of amides is 1. The van der Waals surface area contributed by atoms with Crippen LogP contribution >= 0.6 is 0 Å². The minimum absolute atomic E-state index is 0.305. The number of carbonyl (C=O) groups is 4. The average Bonchev–Trinajstić information content (AvgIpc) is 2.70. The van der Waals surface area contributed by atoms with Crippen LogP contribution in [-0.2, 0) is 38.1 Å². The highest BCUT2D eigenvalue weighted by Gasteiger charge is 2.51. The second-order valence-electron chi connectivity index (χ2n) is 7.01. The number of methoxy groups -OCH3 is 1. The third-order valence-electron chi connectivity index (χ3n) is 4.38. The molecule has 11 nitrogen and oxygen atoms in total. The second kappa shape index (κ2) is 11.3. The summed E-state index contributed by atoms with van der Waals surface area (Å²) in [5.41, 5.74) is 0. The summed E-state index contributed by atoms with van der Waals surface area (Å²) < 4.78 is 32.7. The molecule has 0 aromatic heterocycles. The number of nitrogens with one attached hydrogen (secondary N) is 1. The maximum atomic E-state index is 11.9. The number of hydrogen-bond acceptors (Lipinski definition) is 10. The fourth-order valence-corrected chi connectivity index (χ4v) is 3.18. The molecule has 2 rings (SSSR count). The van der Waals surface area contributed by atoms with Crippen molar-refractivity contribution in [2.24, 2.45) is 0 Å². The van der Waals surface area contributed by atoms with E-state index in [1.54, 1.807) is 24.3 Å². The van der Waals surface area contributed by atoms with E-state index < -0.39 is 54.5 Å². The van der Waals surface area contributed by atoms with Gasteiger partial charge < -0.3 is 33.7 Å². The molecule has 1 aliphatic rings. The highest BCUT2D eigenvalue weighted by atomic mass is 16.7. The van der Waals surface area contributed by atoms with Crippen molar-refractivity contribution in [2.45, 2.75) is 58.3 Å². The molecule has 176 valence electrons. The lowest BCUT2D eigenvalue weighted by atomic mass is 9.96. The fourth-order valence-electron chi connectivity index (χ4n) is 3.18. The molecular weight excluding hydrogens is 426 g/mol. The van der Waals surface area contributed by atoms with Gasteiger partial charge >= 0.3 is 17.9 Å². The van der Waals surface area contributed by atoms with E-state index in [0.717, 1.165) is 0 Å². The van der Waals surface area contributed by atoms with Crippen LogP contribution in [0.3, 0.4) is 0 Å². The zero-order valence-electron chi connectivity index (χ0n) is 18.5. The molecule has 1 N–H and O–H groups in total. The van der Waals surface area contributed by atoms with Crippen molar-refractivity contribution in [1.82, 2.24) is 5.32 Å². The lowest BCUT2D eigenvalue weighted by Gasteiger charge is -2.44. The van der Waals surface area contributed by atoms with Gasteiger partial charge in [0.1, 0.15) is 30.3 Å². The minimum atomic E-state index is -1.18. The predicted octanol–water partition coefficient (Wildman–Crippen LogP) is 0.730. The highest BCUT2D eigenvalue weighted by molar-refractivity contribution is 5.73. The number of hydrogen-bond donors (Lipinski definition) is 1. The van der Waals surface area contributed by atoms with Crippen LogP contribution in [-0.4, -0.2) is 68.2 Å². The zero-order chi connectivity index (χ0) is 23.8. The first-order valence-electron chi connectivity index (χ1n) is 9.81. The Bertz CT molecular complexity index is 824. The molecule has 11 heteroatoms. The second-order valence-corrected chi connectivity index (χ2v) is 7.01. The molecule has 0 unspecified atom stereocenters. The molecule has 5 atom stereocenters. The van der Waals surface area contributed by atoms with E-state index in [-0.39, 0.29) is 6.61 Å². The van der Waals surface area contributed by atoms with Crippen LogP contribution < -0.4 is 14.8 Å². The Balaban J connectivity index is 2.42. The number of esters is 3. The summed E-state index contributed by atoms with van der Waals surface area (Å²) >= 11 is 0. The Labute approximate surface area is 185 Å². The molecule has 1 saturated heterocycles. The van der Waals surface area contributed by atoms with Gasteiger partial charge in [-0.05, 0) is 24.3 Å². The van der Waals surface area contributed by atoms with Crippen LogP contribution in [0.1, 0.15) is 27.7 Å². The first kappa shape index (κ1) is 24.9. The van der Waals surface area contributed by atoms with E-state index >= 15 is 0 Å². The summed E-state index contributed by atoms with van der Waals surface area (Å²) in [5.74, 6) is -1.45. The SMILES string of the molecule is COc1ccc(O[C@@H]2O[C@@H](COC(C)=O)[C@@H](OC(C)=O)[C@@H](OC(C)=O)[C@@H]2NC(C)=O)cc1. The fraction of sp³-hybridized carbons (Fsp3) is 0.524. The standard InChI is InChI=1S/C21H27NO10/c1-11(23)22-18-20(30-14(4)26)19(29-13(3)25)17(10-28-12(2)24)32-21(18)31-16-8-6-15(27-5)7-9-16/h6-9,17-21H,10H2,1-5H3,(H,22,23)/t17-,18-,19+,20-,21+/m0/s1. The Hall–Kier alpha value is -3.34. The van der Waals surface area contributed by atoms with Gasteiger partial charge in [-0.3, -0.25) is 19.2 Å². The van der Waals surface area contributed by atoms with E-state index in [2.05, 4.69) is 5.32 Å². The van der Waals surface area contributed by atoms with E-state index in [1.807, 2.05) is 0 Å². The van der Waals surface area contributed by atoms with E-state index in [9.17, 15) is 19.2 Å². The number of rotatable bonds is 8. The van der Waals surface area contributed by atoms with E-state index in [1.165, 1.54) is 34.8 Å². The van der Waals surface area contributed by atoms with Gasteiger partial charge in [0.2, 0.25) is 12.2 Å². The van der Waals surface area contributed by atoms with Crippen LogP contribution in [0.4, 0.5) is 0 Å². The van der Waals surface area contributed by atoms with Crippen molar-refractivity contribution in [2.75, 3.05) is 13.7 Å². The Morgan fingerprint density at radius 3 is 1.94 bits per heavy atom. The molecule has 1 amide bonds. The molecule has 32 heavy (non-hydrogen) atoms. The molecule has 0 spiro atoms. The van der Waals surface area contributed by atoms with E-state index in [4.69, 9.17) is 28.4 Å². The molecule has 0 bridgehead atoms. The van der Waals surface area contributed by atoms with Gasteiger partial charge in [-0.1, -0.05) is 0 Å². The van der Waals surface area contributed by atoms with Gasteiger partial charge in [0.05, 0.1) is 7.11 Å². The van der Waals surface area contributed by atoms with Crippen molar-refractivity contribution in [1.29, 1.82) is 0 Å². The molecule has 0 aliphatic carbocycles. The average molecular weight is 453 g/mol. The minimum Gasteiger partial charge on any atom is -0.497 e. The summed E-state index contributed by atoms with van der Waals surface area (Å²) in [4.78, 5) is 46.8. The highest BCUT2D eigenvalue weighted by Crippen LogP contribution is 2.29. The monoisotopic (exact) mass is 453 g/mol. The number of ether oxygens (including phenoxy) is 6. The van der Waals surface area contributed by atoms with Gasteiger partial charge in [0, 0.05) is 27.7 Å². The van der Waals surface area contributed by atoms with Gasteiger partial charge in [-0.15, -0.1) is 0 Å². The molecular formula is C21H27NO10. The zero-order valence-corrected chi connectivity index (χ0v) is 18.5. The molecule has 1 aliphatic heterocycles. The Morgan fingerprint density at radius 1 is 0.875 bits per heavy atom. The van der Waals surface area contributed by atoms with Gasteiger partial charge in [0.25, 0.3) is 0 Å². The lowest BCUT2D eigenvalue weighted by molar-refractivity contribution is -0.257. The predicted molar refractivity (Wildman–Crippen MR) is 108 cm³/mol. The van der Waals surface area contributed by atoms with E-state index in [0.29, 0.717) is 11.5 Å². The maximum Gasteiger partial charge on any atom is 0.303 e. The van der Waals surface area contributed by atoms with Gasteiger partial charge in [0.15, 0.2) is 12.2 Å². The van der Waals surface area contributed by atoms with Crippen molar-refractivity contribution in [3.8, 4) is 11.5 Å². The number of carbonyl (C=O) groups excluding carboxylic acids is 4. The lowest BCUT2D eigenvalue weighted by Crippen LogP contribution is -2.67. The van der Waals surface area contributed by atoms with Gasteiger partial charge in [-0.25, -0.2) is 0 Å². The topological polar surface area (TPSA) is 136 Å². The number of benzene rings is 1. The first-order valence-corrected chi connectivity index (χ1v) is 9.81. The van der Waals surface area contributed by atoms with Crippen LogP contribution in [0, 0.1) is 0 Å². The maximum absolute atomic E-state index is 11.9. The molecule has 1 aromatic rings. The van der Waals surface area contributed by atoms with Crippen LogP contribution in [0.15, 0.2) is 24.3 Å². The normalized spacial score (nSPS) is 24.6. The Kier molecular flexibility index (Phi) is 8.82. The van der Waals surface area contributed by atoms with Crippen molar-refractivity contribution in [3.05, 3.63) is 24.3 Å². The van der Waals surface area contributed by atoms with Crippen LogP contribution in [0.25, 0.3) is 0 Å². The first-order chi connectivity index (χ1) is 15.1. The van der Waals surface area contributed by atoms with Crippen LogP contribution in [0.5, 0.6) is 11.5 Å². The molecule has 1 heterocycles. The summed E-state index contributed by atoms with van der Waals surface area (Å²) in [7, 11) is 1.52. The molecule has 1 aromatic carbocycles. The quantitative estimate of drug-likeness (QED) is 0.443. The largest absolute Gasteiger partial charge is 0.497 e. The van der Waals surface area contributed by atoms with Crippen LogP contribution in [0.2, 0.25) is 0 Å². The summed E-state index contributed by atoms with van der Waals surface area (Å²) in [6.07, 6.45) is -4.58. The smallest absolute Gasteiger partial charge is 0.303 e. The van der Waals surface area contributed by atoms with Crippen molar-refractivity contribution >= 4 is 23.8 Å². The molecule has 1 fully saturated rings. The van der Waals surface area contributed by atoms with Gasteiger partial charge in [-0.2, -0.15) is 0 Å². The summed E-state index contributed by atoms with van der Waals surface area (Å²) in [5, 5.41) is 2.63. The third-order valence-corrected chi connectivity index (χ3v) is 4.38. The summed E-state index contributed by atoms with van der Waals surface area (Å²) in [6.45, 7) is 4.51. The molecule has 0 saturated carbocycles. The third kappa shape index (κ3) is 7.12. The van der Waals surface area contributed by atoms with Crippen molar-refractivity contribution in [3.63, 3.8) is 0 Å². The van der Waals surface area contributed by atoms with Crippen molar-refractivity contribution < 1.29 is 47.6 Å². The molecule has 0 radical (unpaired) electrons.